The SMILES string of the molecule is C=C(c1cc(F)ccc1N)c1ccsc1Cl. The molecule has 0 fully saturated rings. The standard InChI is InChI=1S/C12H9ClFNS/c1-7(9-4-5-16-12(9)13)10-6-8(14)2-3-11(10)15/h2-6H,1,15H2. The van der Waals surface area contributed by atoms with E-state index in [9.17, 15) is 4.39 Å². The van der Waals surface area contributed by atoms with Gasteiger partial charge in [-0.2, -0.15) is 0 Å². The summed E-state index contributed by atoms with van der Waals surface area (Å²) in [4.78, 5) is 0. The molecule has 16 heavy (non-hydrogen) atoms. The van der Waals surface area contributed by atoms with Gasteiger partial charge in [0.2, 0.25) is 0 Å². The summed E-state index contributed by atoms with van der Waals surface area (Å²) < 4.78 is 13.8. The van der Waals surface area contributed by atoms with Crippen LogP contribution in [0.15, 0.2) is 36.2 Å². The molecule has 82 valence electrons. The number of rotatable bonds is 2. The van der Waals surface area contributed by atoms with E-state index in [0.717, 1.165) is 5.56 Å². The summed E-state index contributed by atoms with van der Waals surface area (Å²) >= 11 is 7.41. The Balaban J connectivity index is 2.49. The van der Waals surface area contributed by atoms with Crippen molar-refractivity contribution in [3.63, 3.8) is 0 Å². The minimum atomic E-state index is -0.336. The van der Waals surface area contributed by atoms with Crippen molar-refractivity contribution in [2.75, 3.05) is 5.73 Å². The molecule has 0 radical (unpaired) electrons. The molecule has 0 spiro atoms. The van der Waals surface area contributed by atoms with Gasteiger partial charge in [-0.15, -0.1) is 11.3 Å². The second kappa shape index (κ2) is 4.28. The molecule has 0 aliphatic carbocycles. The topological polar surface area (TPSA) is 26.0 Å². The van der Waals surface area contributed by atoms with Crippen LogP contribution in [-0.4, -0.2) is 0 Å². The Kier molecular flexibility index (Phi) is 2.99. The number of nitrogen functional groups attached to an aromatic ring is 1. The van der Waals surface area contributed by atoms with Crippen LogP contribution in [0.3, 0.4) is 0 Å². The van der Waals surface area contributed by atoms with Crippen molar-refractivity contribution in [1.29, 1.82) is 0 Å². The van der Waals surface area contributed by atoms with Crippen LogP contribution < -0.4 is 5.73 Å². The van der Waals surface area contributed by atoms with Gasteiger partial charge in [-0.05, 0) is 35.2 Å². The molecule has 0 unspecified atom stereocenters. The van der Waals surface area contributed by atoms with Crippen LogP contribution in [0.25, 0.3) is 5.57 Å². The first-order valence-corrected chi connectivity index (χ1v) is 5.83. The molecule has 2 rings (SSSR count). The van der Waals surface area contributed by atoms with Crippen LogP contribution in [0.2, 0.25) is 4.34 Å². The van der Waals surface area contributed by atoms with E-state index in [2.05, 4.69) is 6.58 Å². The molecule has 0 amide bonds. The average molecular weight is 254 g/mol. The zero-order valence-corrected chi connectivity index (χ0v) is 9.91. The maximum Gasteiger partial charge on any atom is 0.123 e. The average Bonchev–Trinajstić information content (AvgIpc) is 2.67. The largest absolute Gasteiger partial charge is 0.398 e. The van der Waals surface area contributed by atoms with Crippen molar-refractivity contribution in [3.8, 4) is 0 Å². The first kappa shape index (κ1) is 11.2. The molecule has 0 saturated carbocycles. The maximum atomic E-state index is 13.1. The number of hydrogen-bond acceptors (Lipinski definition) is 2. The summed E-state index contributed by atoms with van der Waals surface area (Å²) in [6.07, 6.45) is 0. The molecule has 0 aliphatic heterocycles. The number of halogens is 2. The highest BCUT2D eigenvalue weighted by atomic mass is 35.5. The molecule has 4 heteroatoms. The Morgan fingerprint density at radius 1 is 1.31 bits per heavy atom. The van der Waals surface area contributed by atoms with Crippen LogP contribution in [0, 0.1) is 5.82 Å². The number of thiophene rings is 1. The van der Waals surface area contributed by atoms with Gasteiger partial charge in [0.15, 0.2) is 0 Å². The Hall–Kier alpha value is -1.32. The van der Waals surface area contributed by atoms with Gasteiger partial charge >= 0.3 is 0 Å². The van der Waals surface area contributed by atoms with E-state index >= 15 is 0 Å². The molecule has 0 aliphatic rings. The van der Waals surface area contributed by atoms with Crippen molar-refractivity contribution in [2.45, 2.75) is 0 Å². The molecule has 0 saturated heterocycles. The summed E-state index contributed by atoms with van der Waals surface area (Å²) in [7, 11) is 0. The smallest absolute Gasteiger partial charge is 0.123 e. The van der Waals surface area contributed by atoms with Crippen molar-refractivity contribution in [1.82, 2.24) is 0 Å². The lowest BCUT2D eigenvalue weighted by Gasteiger charge is -2.08. The number of hydrogen-bond donors (Lipinski definition) is 1. The van der Waals surface area contributed by atoms with E-state index in [1.807, 2.05) is 11.4 Å². The predicted molar refractivity (Wildman–Crippen MR) is 68.3 cm³/mol. The highest BCUT2D eigenvalue weighted by molar-refractivity contribution is 7.14. The van der Waals surface area contributed by atoms with Gasteiger partial charge in [0.1, 0.15) is 10.2 Å². The fraction of sp³-hybridized carbons (Fsp3) is 0. The number of anilines is 1. The van der Waals surface area contributed by atoms with Crippen molar-refractivity contribution in [2.24, 2.45) is 0 Å². The molecule has 0 bridgehead atoms. The van der Waals surface area contributed by atoms with Crippen LogP contribution in [-0.2, 0) is 0 Å². The second-order valence-electron chi connectivity index (χ2n) is 3.32. The van der Waals surface area contributed by atoms with Crippen LogP contribution in [0.5, 0.6) is 0 Å². The zero-order chi connectivity index (χ0) is 11.7. The lowest BCUT2D eigenvalue weighted by Crippen LogP contribution is -1.95. The second-order valence-corrected chi connectivity index (χ2v) is 4.84. The maximum absolute atomic E-state index is 13.1. The van der Waals surface area contributed by atoms with Crippen LogP contribution in [0.1, 0.15) is 11.1 Å². The van der Waals surface area contributed by atoms with E-state index in [1.54, 1.807) is 0 Å². The molecular weight excluding hydrogens is 245 g/mol. The van der Waals surface area contributed by atoms with Gasteiger partial charge in [-0.1, -0.05) is 18.2 Å². The number of nitrogens with two attached hydrogens (primary N) is 1. The van der Waals surface area contributed by atoms with Crippen molar-refractivity contribution >= 4 is 34.2 Å². The Bertz CT molecular complexity index is 548. The van der Waals surface area contributed by atoms with E-state index in [4.69, 9.17) is 17.3 Å². The van der Waals surface area contributed by atoms with Gasteiger partial charge in [0, 0.05) is 16.8 Å². The molecule has 1 nitrogen and oxygen atoms in total. The zero-order valence-electron chi connectivity index (χ0n) is 8.34. The third kappa shape index (κ3) is 1.96. The summed E-state index contributed by atoms with van der Waals surface area (Å²) in [5, 5.41) is 1.86. The lowest BCUT2D eigenvalue weighted by molar-refractivity contribution is 0.627. The predicted octanol–water partition coefficient (Wildman–Crippen LogP) is 4.18. The monoisotopic (exact) mass is 253 g/mol. The van der Waals surface area contributed by atoms with E-state index < -0.39 is 0 Å². The molecule has 1 aromatic carbocycles. The fourth-order valence-corrected chi connectivity index (χ4v) is 2.42. The molecular formula is C12H9ClFNS. The summed E-state index contributed by atoms with van der Waals surface area (Å²) in [5.74, 6) is -0.336. The minimum absolute atomic E-state index is 0.336. The fourth-order valence-electron chi connectivity index (χ4n) is 1.44. The highest BCUT2D eigenvalue weighted by Gasteiger charge is 2.11. The Labute approximate surface area is 102 Å². The van der Waals surface area contributed by atoms with Gasteiger partial charge in [0.25, 0.3) is 0 Å². The first-order chi connectivity index (χ1) is 7.59. The van der Waals surface area contributed by atoms with Gasteiger partial charge < -0.3 is 5.73 Å². The normalized spacial score (nSPS) is 10.4. The Morgan fingerprint density at radius 2 is 2.06 bits per heavy atom. The van der Waals surface area contributed by atoms with E-state index in [1.165, 1.54) is 29.5 Å². The van der Waals surface area contributed by atoms with Gasteiger partial charge in [-0.3, -0.25) is 0 Å². The van der Waals surface area contributed by atoms with Gasteiger partial charge in [0.05, 0.1) is 0 Å². The van der Waals surface area contributed by atoms with E-state index in [-0.39, 0.29) is 5.82 Å². The molecule has 2 aromatic rings. The molecule has 2 N–H and O–H groups in total. The highest BCUT2D eigenvalue weighted by Crippen LogP contribution is 2.34. The quantitative estimate of drug-likeness (QED) is 0.798. The van der Waals surface area contributed by atoms with Crippen LogP contribution in [0.4, 0.5) is 10.1 Å². The van der Waals surface area contributed by atoms with E-state index in [0.29, 0.717) is 21.2 Å². The summed E-state index contributed by atoms with van der Waals surface area (Å²) in [6, 6.07) is 6.06. The first-order valence-electron chi connectivity index (χ1n) is 4.57. The Morgan fingerprint density at radius 3 is 2.69 bits per heavy atom. The molecule has 0 atom stereocenters. The third-order valence-electron chi connectivity index (χ3n) is 2.28. The minimum Gasteiger partial charge on any atom is -0.398 e. The van der Waals surface area contributed by atoms with Crippen molar-refractivity contribution < 1.29 is 4.39 Å². The molecule has 1 heterocycles. The lowest BCUT2D eigenvalue weighted by atomic mass is 10.0. The summed E-state index contributed by atoms with van der Waals surface area (Å²) in [6.45, 7) is 3.91. The molecule has 1 aromatic heterocycles. The summed E-state index contributed by atoms with van der Waals surface area (Å²) in [5.41, 5.74) is 8.29. The third-order valence-corrected chi connectivity index (χ3v) is 3.45. The number of benzene rings is 1. The van der Waals surface area contributed by atoms with Gasteiger partial charge in [-0.25, -0.2) is 4.39 Å². The van der Waals surface area contributed by atoms with Crippen molar-refractivity contribution in [3.05, 3.63) is 57.5 Å². The van der Waals surface area contributed by atoms with Crippen LogP contribution >= 0.6 is 22.9 Å².